The van der Waals surface area contributed by atoms with Crippen molar-refractivity contribution in [1.29, 1.82) is 0 Å². The van der Waals surface area contributed by atoms with E-state index in [1.807, 2.05) is 44.2 Å². The molecular formula is C21H28N6O3S. The van der Waals surface area contributed by atoms with Crippen molar-refractivity contribution in [1.82, 2.24) is 19.2 Å². The average molecular weight is 445 g/mol. The fourth-order valence-electron chi connectivity index (χ4n) is 4.00. The van der Waals surface area contributed by atoms with Gasteiger partial charge in [-0.25, -0.2) is 27.4 Å². The molecule has 1 N–H and O–H groups in total. The van der Waals surface area contributed by atoms with Crippen molar-refractivity contribution >= 4 is 33.5 Å². The third kappa shape index (κ3) is 4.49. The van der Waals surface area contributed by atoms with Gasteiger partial charge in [-0.05, 0) is 38.8 Å². The summed E-state index contributed by atoms with van der Waals surface area (Å²) in [7, 11) is -3.24. The Balaban J connectivity index is 1.65. The number of hydrogen-bond acceptors (Lipinski definition) is 6. The van der Waals surface area contributed by atoms with Crippen molar-refractivity contribution in [2.24, 2.45) is 0 Å². The highest BCUT2D eigenvalue weighted by molar-refractivity contribution is 7.88. The van der Waals surface area contributed by atoms with Crippen LogP contribution in [0.5, 0.6) is 0 Å². The monoisotopic (exact) mass is 444 g/mol. The summed E-state index contributed by atoms with van der Waals surface area (Å²) in [6, 6.07) is 9.27. The number of nitrogens with zero attached hydrogens (tertiary/aromatic N) is 5. The molecule has 1 aromatic carbocycles. The van der Waals surface area contributed by atoms with E-state index in [-0.39, 0.29) is 18.1 Å². The van der Waals surface area contributed by atoms with Crippen LogP contribution in [0.2, 0.25) is 0 Å². The quantitative estimate of drug-likeness (QED) is 0.761. The summed E-state index contributed by atoms with van der Waals surface area (Å²) < 4.78 is 25.3. The van der Waals surface area contributed by atoms with Crippen LogP contribution >= 0.6 is 0 Å². The van der Waals surface area contributed by atoms with Crippen LogP contribution in [0.15, 0.2) is 36.5 Å². The molecule has 0 saturated carbocycles. The molecule has 2 aliphatic rings. The van der Waals surface area contributed by atoms with Crippen LogP contribution in [0, 0.1) is 0 Å². The number of sulfonamides is 1. The van der Waals surface area contributed by atoms with Gasteiger partial charge in [-0.3, -0.25) is 0 Å². The first-order chi connectivity index (χ1) is 14.7. The summed E-state index contributed by atoms with van der Waals surface area (Å²) >= 11 is 0. The van der Waals surface area contributed by atoms with E-state index in [9.17, 15) is 13.2 Å². The summed E-state index contributed by atoms with van der Waals surface area (Å²) in [5.41, 5.74) is 1.61. The van der Waals surface area contributed by atoms with Crippen LogP contribution in [-0.4, -0.2) is 65.1 Å². The lowest BCUT2D eigenvalue weighted by atomic mass is 10.1. The number of para-hydroxylation sites is 1. The van der Waals surface area contributed by atoms with Gasteiger partial charge in [-0.15, -0.1) is 0 Å². The van der Waals surface area contributed by atoms with Gasteiger partial charge in [0.1, 0.15) is 0 Å². The molecule has 0 bridgehead atoms. The average Bonchev–Trinajstić information content (AvgIpc) is 2.73. The van der Waals surface area contributed by atoms with E-state index in [0.29, 0.717) is 31.4 Å². The standard InChI is InChI=1S/C21H28N6O3S/c1-15(2)26-13-16-12-22-20(23-17-8-7-11-25(14-17)31(3,29)30)24-19(16)27(21(26)28)18-9-5-4-6-10-18/h4-6,9-10,12,15,17H,7-8,11,13-14H2,1-3H3,(H,22,23,24). The molecule has 166 valence electrons. The molecule has 9 nitrogen and oxygen atoms in total. The van der Waals surface area contributed by atoms with E-state index in [1.54, 1.807) is 16.0 Å². The van der Waals surface area contributed by atoms with Gasteiger partial charge in [-0.1, -0.05) is 18.2 Å². The maximum absolute atomic E-state index is 13.3. The minimum atomic E-state index is -3.24. The molecule has 1 atom stereocenters. The lowest BCUT2D eigenvalue weighted by Crippen LogP contribution is -2.48. The second kappa shape index (κ2) is 8.43. The molecule has 2 aromatic rings. The third-order valence-corrected chi connectivity index (χ3v) is 6.92. The van der Waals surface area contributed by atoms with Gasteiger partial charge in [-0.2, -0.15) is 4.98 Å². The topological polar surface area (TPSA) is 98.7 Å². The summed E-state index contributed by atoms with van der Waals surface area (Å²) in [4.78, 5) is 25.8. The molecule has 10 heteroatoms. The van der Waals surface area contributed by atoms with Gasteiger partial charge in [0, 0.05) is 36.9 Å². The van der Waals surface area contributed by atoms with Crippen molar-refractivity contribution in [3.05, 3.63) is 42.1 Å². The van der Waals surface area contributed by atoms with Crippen LogP contribution in [0.4, 0.5) is 22.2 Å². The maximum atomic E-state index is 13.3. The molecule has 3 heterocycles. The molecule has 0 aliphatic carbocycles. The molecule has 4 rings (SSSR count). The van der Waals surface area contributed by atoms with Gasteiger partial charge < -0.3 is 10.2 Å². The first-order valence-corrected chi connectivity index (χ1v) is 12.3. The number of aromatic nitrogens is 2. The number of nitrogens with one attached hydrogen (secondary N) is 1. The number of amides is 2. The van der Waals surface area contributed by atoms with Gasteiger partial charge in [0.2, 0.25) is 16.0 Å². The Morgan fingerprint density at radius 2 is 1.94 bits per heavy atom. The number of fused-ring (bicyclic) bond motifs is 1. The Morgan fingerprint density at radius 1 is 1.19 bits per heavy atom. The van der Waals surface area contributed by atoms with Crippen LogP contribution in [0.1, 0.15) is 32.3 Å². The molecule has 1 saturated heterocycles. The molecule has 2 amide bonds. The summed E-state index contributed by atoms with van der Waals surface area (Å²) in [5.74, 6) is 0.951. The Kier molecular flexibility index (Phi) is 5.85. The van der Waals surface area contributed by atoms with Gasteiger partial charge in [0.05, 0.1) is 18.5 Å². The zero-order chi connectivity index (χ0) is 22.2. The fraction of sp³-hybridized carbons (Fsp3) is 0.476. The number of carbonyl (C=O) groups is 1. The van der Waals surface area contributed by atoms with Crippen molar-refractivity contribution in [3.8, 4) is 0 Å². The molecule has 1 unspecified atom stereocenters. The maximum Gasteiger partial charge on any atom is 0.330 e. The highest BCUT2D eigenvalue weighted by Gasteiger charge is 2.35. The highest BCUT2D eigenvalue weighted by atomic mass is 32.2. The number of hydrogen-bond donors (Lipinski definition) is 1. The Hall–Kier alpha value is -2.72. The second-order valence-corrected chi connectivity index (χ2v) is 10.3. The van der Waals surface area contributed by atoms with Crippen molar-refractivity contribution in [2.45, 2.75) is 45.3 Å². The molecular weight excluding hydrogens is 416 g/mol. The third-order valence-electron chi connectivity index (χ3n) is 5.66. The molecule has 1 aromatic heterocycles. The van der Waals surface area contributed by atoms with Crippen LogP contribution in [-0.2, 0) is 16.6 Å². The van der Waals surface area contributed by atoms with E-state index < -0.39 is 10.0 Å². The van der Waals surface area contributed by atoms with Crippen molar-refractivity contribution in [2.75, 3.05) is 29.6 Å². The first-order valence-electron chi connectivity index (χ1n) is 10.5. The van der Waals surface area contributed by atoms with Crippen LogP contribution in [0.25, 0.3) is 0 Å². The first kappa shape index (κ1) is 21.5. The molecule has 31 heavy (non-hydrogen) atoms. The number of benzene rings is 1. The van der Waals surface area contributed by atoms with E-state index >= 15 is 0 Å². The lowest BCUT2D eigenvalue weighted by Gasteiger charge is -2.38. The molecule has 0 radical (unpaired) electrons. The van der Waals surface area contributed by atoms with Gasteiger partial charge in [0.15, 0.2) is 5.82 Å². The number of urea groups is 1. The number of anilines is 3. The normalized spacial score (nSPS) is 20.1. The predicted molar refractivity (Wildman–Crippen MR) is 120 cm³/mol. The molecule has 0 spiro atoms. The number of piperidine rings is 1. The fourth-order valence-corrected chi connectivity index (χ4v) is 4.91. The zero-order valence-electron chi connectivity index (χ0n) is 18.0. The lowest BCUT2D eigenvalue weighted by molar-refractivity contribution is 0.185. The largest absolute Gasteiger partial charge is 0.350 e. The Labute approximate surface area is 183 Å². The summed E-state index contributed by atoms with van der Waals surface area (Å²) in [6.07, 6.45) is 4.58. The second-order valence-electron chi connectivity index (χ2n) is 8.32. The SMILES string of the molecule is CC(C)N1Cc2cnc(NC3CCCN(S(C)(=O)=O)C3)nc2N(c2ccccc2)C1=O. The zero-order valence-corrected chi connectivity index (χ0v) is 18.8. The Morgan fingerprint density at radius 3 is 2.61 bits per heavy atom. The van der Waals surface area contributed by atoms with Crippen LogP contribution < -0.4 is 10.2 Å². The number of rotatable bonds is 5. The van der Waals surface area contributed by atoms with E-state index in [2.05, 4.69) is 15.3 Å². The van der Waals surface area contributed by atoms with Crippen molar-refractivity contribution in [3.63, 3.8) is 0 Å². The van der Waals surface area contributed by atoms with Crippen LogP contribution in [0.3, 0.4) is 0 Å². The summed E-state index contributed by atoms with van der Waals surface area (Å²) in [6.45, 7) is 5.32. The van der Waals surface area contributed by atoms with E-state index in [1.165, 1.54) is 10.6 Å². The predicted octanol–water partition coefficient (Wildman–Crippen LogP) is 2.79. The minimum absolute atomic E-state index is 0.0360. The van der Waals surface area contributed by atoms with E-state index in [4.69, 9.17) is 0 Å². The van der Waals surface area contributed by atoms with E-state index in [0.717, 1.165) is 24.1 Å². The Bertz CT molecular complexity index is 1060. The summed E-state index contributed by atoms with van der Waals surface area (Å²) in [5, 5.41) is 3.27. The highest BCUT2D eigenvalue weighted by Crippen LogP contribution is 2.34. The van der Waals surface area contributed by atoms with Gasteiger partial charge in [0.25, 0.3) is 0 Å². The number of carbonyl (C=O) groups excluding carboxylic acids is 1. The minimum Gasteiger partial charge on any atom is -0.350 e. The molecule has 1 fully saturated rings. The molecule has 2 aliphatic heterocycles. The van der Waals surface area contributed by atoms with Gasteiger partial charge >= 0.3 is 6.03 Å². The van der Waals surface area contributed by atoms with Crippen molar-refractivity contribution < 1.29 is 13.2 Å². The smallest absolute Gasteiger partial charge is 0.330 e.